The topological polar surface area (TPSA) is 95.1 Å². The van der Waals surface area contributed by atoms with Crippen molar-refractivity contribution in [1.29, 1.82) is 0 Å². The second kappa shape index (κ2) is 5.78. The maximum Gasteiger partial charge on any atom is 0.335 e. The zero-order chi connectivity index (χ0) is 15.6. The molecule has 0 radical (unpaired) electrons. The molecule has 110 valence electrons. The Morgan fingerprint density at radius 1 is 1.29 bits per heavy atom. The number of H-pyrrole nitrogens is 1. The van der Waals surface area contributed by atoms with Gasteiger partial charge in [0.1, 0.15) is 0 Å². The molecule has 0 saturated carbocycles. The predicted octanol–water partition coefficient (Wildman–Crippen LogP) is 2.79. The van der Waals surface area contributed by atoms with E-state index in [0.29, 0.717) is 16.9 Å². The van der Waals surface area contributed by atoms with Crippen LogP contribution in [0.1, 0.15) is 51.9 Å². The number of aryl methyl sites for hydroxylation is 1. The number of nitrogens with one attached hydrogen (secondary N) is 2. The van der Waals surface area contributed by atoms with Gasteiger partial charge in [0.2, 0.25) is 0 Å². The lowest BCUT2D eigenvalue weighted by Gasteiger charge is -2.06. The smallest absolute Gasteiger partial charge is 0.335 e. The molecule has 6 nitrogen and oxygen atoms in total. The number of carboxylic acids is 1. The maximum atomic E-state index is 12.1. The van der Waals surface area contributed by atoms with E-state index in [1.807, 2.05) is 13.8 Å². The molecule has 1 amide bonds. The van der Waals surface area contributed by atoms with E-state index in [2.05, 4.69) is 15.5 Å². The van der Waals surface area contributed by atoms with Gasteiger partial charge in [0, 0.05) is 11.4 Å². The average molecular weight is 287 g/mol. The van der Waals surface area contributed by atoms with Crippen molar-refractivity contribution in [2.45, 2.75) is 26.7 Å². The monoisotopic (exact) mass is 287 g/mol. The Hall–Kier alpha value is -2.63. The van der Waals surface area contributed by atoms with Crippen molar-refractivity contribution in [1.82, 2.24) is 10.2 Å². The number of carboxylic acid groups (broad SMARTS) is 1. The van der Waals surface area contributed by atoms with Gasteiger partial charge in [-0.25, -0.2) is 4.79 Å². The van der Waals surface area contributed by atoms with E-state index >= 15 is 0 Å². The minimum atomic E-state index is -0.987. The van der Waals surface area contributed by atoms with Crippen LogP contribution in [0.15, 0.2) is 24.3 Å². The van der Waals surface area contributed by atoms with Crippen LogP contribution in [0.2, 0.25) is 0 Å². The van der Waals surface area contributed by atoms with Crippen molar-refractivity contribution in [3.8, 4) is 0 Å². The minimum absolute atomic E-state index is 0.217. The number of anilines is 1. The van der Waals surface area contributed by atoms with Gasteiger partial charge >= 0.3 is 5.97 Å². The molecule has 0 fully saturated rings. The molecule has 2 rings (SSSR count). The molecule has 0 saturated heterocycles. The molecule has 1 aromatic heterocycles. The summed E-state index contributed by atoms with van der Waals surface area (Å²) >= 11 is 0. The van der Waals surface area contributed by atoms with E-state index in [9.17, 15) is 9.59 Å². The van der Waals surface area contributed by atoms with Gasteiger partial charge < -0.3 is 10.4 Å². The van der Waals surface area contributed by atoms with Crippen molar-refractivity contribution in [3.05, 3.63) is 46.8 Å². The van der Waals surface area contributed by atoms with E-state index < -0.39 is 5.97 Å². The van der Waals surface area contributed by atoms with E-state index in [0.717, 1.165) is 5.69 Å². The van der Waals surface area contributed by atoms with Crippen LogP contribution in [0.25, 0.3) is 0 Å². The third-order valence-electron chi connectivity index (χ3n) is 3.17. The van der Waals surface area contributed by atoms with Crippen molar-refractivity contribution < 1.29 is 14.7 Å². The Morgan fingerprint density at radius 3 is 2.52 bits per heavy atom. The van der Waals surface area contributed by atoms with Gasteiger partial charge in [0.05, 0.1) is 5.56 Å². The lowest BCUT2D eigenvalue weighted by Crippen LogP contribution is -2.13. The number of rotatable bonds is 4. The van der Waals surface area contributed by atoms with E-state index in [1.54, 1.807) is 25.1 Å². The Bertz CT molecular complexity index is 689. The number of carbonyl (C=O) groups is 2. The van der Waals surface area contributed by atoms with Crippen LogP contribution >= 0.6 is 0 Å². The van der Waals surface area contributed by atoms with Crippen molar-refractivity contribution in [3.63, 3.8) is 0 Å². The SMILES string of the molecule is Cc1cc(NC(=O)c2cc(C(C)C)[nH]n2)ccc1C(=O)O. The van der Waals surface area contributed by atoms with E-state index in [-0.39, 0.29) is 17.4 Å². The van der Waals surface area contributed by atoms with Gasteiger partial charge in [-0.2, -0.15) is 5.10 Å². The van der Waals surface area contributed by atoms with Crippen LogP contribution in [-0.2, 0) is 0 Å². The minimum Gasteiger partial charge on any atom is -0.478 e. The first-order chi connectivity index (χ1) is 9.88. The molecule has 3 N–H and O–H groups in total. The predicted molar refractivity (Wildman–Crippen MR) is 78.8 cm³/mol. The molecule has 21 heavy (non-hydrogen) atoms. The largest absolute Gasteiger partial charge is 0.478 e. The Labute approximate surface area is 122 Å². The summed E-state index contributed by atoms with van der Waals surface area (Å²) < 4.78 is 0. The summed E-state index contributed by atoms with van der Waals surface area (Å²) in [5.74, 6) is -1.06. The molecule has 0 aliphatic carbocycles. The van der Waals surface area contributed by atoms with Crippen LogP contribution in [-0.4, -0.2) is 27.2 Å². The van der Waals surface area contributed by atoms with Crippen LogP contribution in [0.3, 0.4) is 0 Å². The molecule has 6 heteroatoms. The fourth-order valence-corrected chi connectivity index (χ4v) is 1.93. The molecule has 0 spiro atoms. The van der Waals surface area contributed by atoms with Gasteiger partial charge in [-0.1, -0.05) is 13.8 Å². The van der Waals surface area contributed by atoms with Gasteiger partial charge in [0.15, 0.2) is 5.69 Å². The van der Waals surface area contributed by atoms with Crippen LogP contribution in [0.5, 0.6) is 0 Å². The van der Waals surface area contributed by atoms with E-state index in [1.165, 1.54) is 6.07 Å². The van der Waals surface area contributed by atoms with Crippen LogP contribution in [0, 0.1) is 6.92 Å². The first-order valence-corrected chi connectivity index (χ1v) is 6.59. The molecule has 0 aliphatic heterocycles. The zero-order valence-corrected chi connectivity index (χ0v) is 12.1. The summed E-state index contributed by atoms with van der Waals surface area (Å²) in [7, 11) is 0. The van der Waals surface area contributed by atoms with Crippen molar-refractivity contribution >= 4 is 17.6 Å². The van der Waals surface area contributed by atoms with Crippen molar-refractivity contribution in [2.75, 3.05) is 5.32 Å². The van der Waals surface area contributed by atoms with E-state index in [4.69, 9.17) is 5.11 Å². The average Bonchev–Trinajstić information content (AvgIpc) is 2.88. The zero-order valence-electron chi connectivity index (χ0n) is 12.1. The first kappa shape index (κ1) is 14.8. The number of carbonyl (C=O) groups excluding carboxylic acids is 1. The van der Waals surface area contributed by atoms with Crippen LogP contribution in [0.4, 0.5) is 5.69 Å². The summed E-state index contributed by atoms with van der Waals surface area (Å²) in [6, 6.07) is 6.36. The van der Waals surface area contributed by atoms with Crippen molar-refractivity contribution in [2.24, 2.45) is 0 Å². The summed E-state index contributed by atoms with van der Waals surface area (Å²) in [5.41, 5.74) is 2.54. The van der Waals surface area contributed by atoms with Gasteiger partial charge in [0.25, 0.3) is 5.91 Å². The quantitative estimate of drug-likeness (QED) is 0.805. The summed E-state index contributed by atoms with van der Waals surface area (Å²) in [5, 5.41) is 18.5. The lowest BCUT2D eigenvalue weighted by atomic mass is 10.1. The summed E-state index contributed by atoms with van der Waals surface area (Å²) in [6.45, 7) is 5.69. The second-order valence-electron chi connectivity index (χ2n) is 5.15. The number of hydrogen-bond acceptors (Lipinski definition) is 3. The molecular formula is C15H17N3O3. The van der Waals surface area contributed by atoms with Gasteiger partial charge in [-0.3, -0.25) is 9.89 Å². The second-order valence-corrected chi connectivity index (χ2v) is 5.15. The molecule has 2 aromatic rings. The highest BCUT2D eigenvalue weighted by Crippen LogP contribution is 2.17. The molecule has 0 aliphatic rings. The summed E-state index contributed by atoms with van der Waals surface area (Å²) in [4.78, 5) is 23.0. The number of aromatic amines is 1. The Morgan fingerprint density at radius 2 is 2.00 bits per heavy atom. The number of aromatic nitrogens is 2. The number of nitrogens with zero attached hydrogens (tertiary/aromatic N) is 1. The first-order valence-electron chi connectivity index (χ1n) is 6.59. The van der Waals surface area contributed by atoms with Gasteiger partial charge in [-0.15, -0.1) is 0 Å². The fraction of sp³-hybridized carbons (Fsp3) is 0.267. The lowest BCUT2D eigenvalue weighted by molar-refractivity contribution is 0.0696. The fourth-order valence-electron chi connectivity index (χ4n) is 1.93. The molecule has 1 aromatic carbocycles. The highest BCUT2D eigenvalue weighted by molar-refractivity contribution is 6.03. The number of hydrogen-bond donors (Lipinski definition) is 3. The number of aromatic carboxylic acids is 1. The molecule has 1 heterocycles. The Balaban J connectivity index is 2.15. The highest BCUT2D eigenvalue weighted by Gasteiger charge is 2.13. The highest BCUT2D eigenvalue weighted by atomic mass is 16.4. The standard InChI is InChI=1S/C15H17N3O3/c1-8(2)12-7-13(18-17-12)14(19)16-10-4-5-11(15(20)21)9(3)6-10/h4-8H,1-3H3,(H,16,19)(H,17,18)(H,20,21). The molecular weight excluding hydrogens is 270 g/mol. The third kappa shape index (κ3) is 3.28. The molecule has 0 unspecified atom stereocenters. The maximum absolute atomic E-state index is 12.1. The molecule has 0 bridgehead atoms. The number of amides is 1. The normalized spacial score (nSPS) is 10.7. The van der Waals surface area contributed by atoms with Crippen LogP contribution < -0.4 is 5.32 Å². The molecule has 0 atom stereocenters. The third-order valence-corrected chi connectivity index (χ3v) is 3.17. The number of benzene rings is 1. The van der Waals surface area contributed by atoms with Gasteiger partial charge in [-0.05, 0) is 42.7 Å². The summed E-state index contributed by atoms with van der Waals surface area (Å²) in [6.07, 6.45) is 0. The Kier molecular flexibility index (Phi) is 4.07.